The molecule has 0 aliphatic heterocycles. The number of nitrogens with zero attached hydrogens (tertiary/aromatic N) is 1. The van der Waals surface area contributed by atoms with Crippen LogP contribution in [0, 0.1) is 5.92 Å². The van der Waals surface area contributed by atoms with Gasteiger partial charge in [0, 0.05) is 19.0 Å². The number of hydrogen-bond donors (Lipinski definition) is 0. The summed E-state index contributed by atoms with van der Waals surface area (Å²) in [5.41, 5.74) is 2.69. The summed E-state index contributed by atoms with van der Waals surface area (Å²) in [6.45, 7) is 15.3. The van der Waals surface area contributed by atoms with Gasteiger partial charge >= 0.3 is 0 Å². The van der Waals surface area contributed by atoms with Gasteiger partial charge in [0.2, 0.25) is 5.91 Å². The third-order valence-corrected chi connectivity index (χ3v) is 2.91. The molecule has 0 aromatic rings. The van der Waals surface area contributed by atoms with E-state index in [1.165, 1.54) is 11.1 Å². The number of carbonyl (C=O) groups excluding carboxylic acids is 1. The Morgan fingerprint density at radius 3 is 2.26 bits per heavy atom. The van der Waals surface area contributed by atoms with Crippen LogP contribution in [0.15, 0.2) is 36.0 Å². The molecule has 0 unspecified atom stereocenters. The van der Waals surface area contributed by atoms with E-state index in [-0.39, 0.29) is 11.8 Å². The molecule has 0 heterocycles. The molecule has 0 atom stereocenters. The maximum Gasteiger partial charge on any atom is 0.225 e. The SMILES string of the molecule is C=CCN(C/C=C(\C)CCC=C(C)C)C(=O)C(C)C. The maximum atomic E-state index is 12.0. The second kappa shape index (κ2) is 9.60. The fourth-order valence-electron chi connectivity index (χ4n) is 1.73. The van der Waals surface area contributed by atoms with E-state index in [0.29, 0.717) is 13.1 Å². The molecule has 2 nitrogen and oxygen atoms in total. The van der Waals surface area contributed by atoms with Gasteiger partial charge in [0.05, 0.1) is 0 Å². The van der Waals surface area contributed by atoms with Crippen molar-refractivity contribution in [2.45, 2.75) is 47.5 Å². The lowest BCUT2D eigenvalue weighted by molar-refractivity contribution is -0.133. The van der Waals surface area contributed by atoms with Crippen molar-refractivity contribution in [1.82, 2.24) is 4.90 Å². The minimum Gasteiger partial charge on any atom is -0.335 e. The number of rotatable bonds is 8. The number of amides is 1. The van der Waals surface area contributed by atoms with Gasteiger partial charge in [0.15, 0.2) is 0 Å². The molecule has 0 N–H and O–H groups in total. The summed E-state index contributed by atoms with van der Waals surface area (Å²) >= 11 is 0. The normalized spacial score (nSPS) is 11.4. The van der Waals surface area contributed by atoms with Gasteiger partial charge in [0.1, 0.15) is 0 Å². The van der Waals surface area contributed by atoms with Crippen LogP contribution in [0.5, 0.6) is 0 Å². The molecule has 0 saturated heterocycles. The van der Waals surface area contributed by atoms with Crippen molar-refractivity contribution in [3.63, 3.8) is 0 Å². The summed E-state index contributed by atoms with van der Waals surface area (Å²) in [5, 5.41) is 0. The predicted molar refractivity (Wildman–Crippen MR) is 84.0 cm³/mol. The summed E-state index contributed by atoms with van der Waals surface area (Å²) in [6, 6.07) is 0. The van der Waals surface area contributed by atoms with Crippen LogP contribution in [0.2, 0.25) is 0 Å². The fourth-order valence-corrected chi connectivity index (χ4v) is 1.73. The van der Waals surface area contributed by atoms with Gasteiger partial charge in [-0.05, 0) is 33.6 Å². The average molecular weight is 263 g/mol. The average Bonchev–Trinajstić information content (AvgIpc) is 2.32. The van der Waals surface area contributed by atoms with Gasteiger partial charge in [-0.3, -0.25) is 4.79 Å². The zero-order valence-corrected chi connectivity index (χ0v) is 13.2. The second-order valence-corrected chi connectivity index (χ2v) is 5.56. The molecule has 0 radical (unpaired) electrons. The monoisotopic (exact) mass is 263 g/mol. The van der Waals surface area contributed by atoms with Crippen molar-refractivity contribution in [1.29, 1.82) is 0 Å². The van der Waals surface area contributed by atoms with Crippen molar-refractivity contribution in [3.05, 3.63) is 36.0 Å². The Balaban J connectivity index is 4.39. The first-order valence-electron chi connectivity index (χ1n) is 7.07. The van der Waals surface area contributed by atoms with E-state index < -0.39 is 0 Å². The van der Waals surface area contributed by atoms with E-state index in [2.05, 4.69) is 39.5 Å². The van der Waals surface area contributed by atoms with Crippen molar-refractivity contribution >= 4 is 5.91 Å². The lowest BCUT2D eigenvalue weighted by Crippen LogP contribution is -2.34. The van der Waals surface area contributed by atoms with Gasteiger partial charge in [-0.15, -0.1) is 6.58 Å². The Labute approximate surface area is 118 Å². The van der Waals surface area contributed by atoms with Crippen molar-refractivity contribution in [3.8, 4) is 0 Å². The molecule has 0 aliphatic carbocycles. The first kappa shape index (κ1) is 17.7. The molecule has 0 bridgehead atoms. The highest BCUT2D eigenvalue weighted by molar-refractivity contribution is 5.78. The summed E-state index contributed by atoms with van der Waals surface area (Å²) in [5.74, 6) is 0.229. The Morgan fingerprint density at radius 2 is 1.79 bits per heavy atom. The Kier molecular flexibility index (Phi) is 8.94. The quantitative estimate of drug-likeness (QED) is 0.596. The molecule has 2 heteroatoms. The Morgan fingerprint density at radius 1 is 1.16 bits per heavy atom. The molecule has 0 aromatic heterocycles. The van der Waals surface area contributed by atoms with E-state index in [0.717, 1.165) is 12.8 Å². The zero-order valence-electron chi connectivity index (χ0n) is 13.2. The standard InChI is InChI=1S/C17H29NO/c1-7-12-18(17(19)15(4)5)13-11-16(6)10-8-9-14(2)3/h7,9,11,15H,1,8,10,12-13H2,2-6H3/b16-11+. The molecule has 1 amide bonds. The topological polar surface area (TPSA) is 20.3 Å². The minimum absolute atomic E-state index is 0.0410. The molecule has 0 spiro atoms. The molecule has 0 fully saturated rings. The smallest absolute Gasteiger partial charge is 0.225 e. The van der Waals surface area contributed by atoms with Crippen LogP contribution in [0.4, 0.5) is 0 Å². The third-order valence-electron chi connectivity index (χ3n) is 2.91. The van der Waals surface area contributed by atoms with E-state index in [9.17, 15) is 4.79 Å². The molecule has 0 saturated carbocycles. The van der Waals surface area contributed by atoms with Crippen LogP contribution < -0.4 is 0 Å². The largest absolute Gasteiger partial charge is 0.335 e. The van der Waals surface area contributed by atoms with E-state index in [1.807, 2.05) is 18.7 Å². The lowest BCUT2D eigenvalue weighted by Gasteiger charge is -2.22. The number of allylic oxidation sites excluding steroid dienone is 3. The highest BCUT2D eigenvalue weighted by Gasteiger charge is 2.14. The summed E-state index contributed by atoms with van der Waals surface area (Å²) in [7, 11) is 0. The third kappa shape index (κ3) is 8.41. The van der Waals surface area contributed by atoms with Crippen molar-refractivity contribution in [2.75, 3.05) is 13.1 Å². The lowest BCUT2D eigenvalue weighted by atomic mass is 10.1. The first-order chi connectivity index (χ1) is 8.88. The van der Waals surface area contributed by atoms with E-state index >= 15 is 0 Å². The molecular formula is C17H29NO. The van der Waals surface area contributed by atoms with Gasteiger partial charge in [0.25, 0.3) is 0 Å². The number of hydrogen-bond acceptors (Lipinski definition) is 1. The number of carbonyl (C=O) groups is 1. The Hall–Kier alpha value is -1.31. The molecule has 0 aromatic carbocycles. The van der Waals surface area contributed by atoms with Gasteiger partial charge in [-0.25, -0.2) is 0 Å². The van der Waals surface area contributed by atoms with Gasteiger partial charge in [-0.1, -0.05) is 43.2 Å². The van der Waals surface area contributed by atoms with Gasteiger partial charge in [-0.2, -0.15) is 0 Å². The highest BCUT2D eigenvalue weighted by atomic mass is 16.2. The van der Waals surface area contributed by atoms with Crippen LogP contribution in [0.25, 0.3) is 0 Å². The summed E-state index contributed by atoms with van der Waals surface area (Å²) in [6.07, 6.45) is 8.32. The summed E-state index contributed by atoms with van der Waals surface area (Å²) < 4.78 is 0. The predicted octanol–water partition coefficient (Wildman–Crippen LogP) is 4.35. The summed E-state index contributed by atoms with van der Waals surface area (Å²) in [4.78, 5) is 13.8. The van der Waals surface area contributed by atoms with E-state index in [1.54, 1.807) is 6.08 Å². The molecular weight excluding hydrogens is 234 g/mol. The molecule has 19 heavy (non-hydrogen) atoms. The van der Waals surface area contributed by atoms with Crippen molar-refractivity contribution < 1.29 is 4.79 Å². The molecule has 0 aliphatic rings. The minimum atomic E-state index is 0.0410. The van der Waals surface area contributed by atoms with Crippen LogP contribution in [-0.2, 0) is 4.79 Å². The van der Waals surface area contributed by atoms with Crippen LogP contribution in [-0.4, -0.2) is 23.9 Å². The molecule has 108 valence electrons. The fraction of sp³-hybridized carbons (Fsp3) is 0.588. The Bertz CT molecular complexity index is 346. The van der Waals surface area contributed by atoms with Crippen molar-refractivity contribution in [2.24, 2.45) is 5.92 Å². The van der Waals surface area contributed by atoms with Crippen LogP contribution in [0.3, 0.4) is 0 Å². The first-order valence-corrected chi connectivity index (χ1v) is 7.07. The van der Waals surface area contributed by atoms with Gasteiger partial charge < -0.3 is 4.90 Å². The highest BCUT2D eigenvalue weighted by Crippen LogP contribution is 2.08. The zero-order chi connectivity index (χ0) is 14.8. The van der Waals surface area contributed by atoms with E-state index in [4.69, 9.17) is 0 Å². The van der Waals surface area contributed by atoms with Crippen LogP contribution in [0.1, 0.15) is 47.5 Å². The maximum absolute atomic E-state index is 12.0. The second-order valence-electron chi connectivity index (χ2n) is 5.56. The van der Waals surface area contributed by atoms with Crippen LogP contribution >= 0.6 is 0 Å². The molecule has 0 rings (SSSR count).